The van der Waals surface area contributed by atoms with Crippen LogP contribution in [0, 0.1) is 30.6 Å². The quantitative estimate of drug-likeness (QED) is 0.314. The molecule has 0 saturated heterocycles. The first-order valence-corrected chi connectivity index (χ1v) is 1.10. The van der Waals surface area contributed by atoms with Crippen LogP contribution in [0.2, 0.25) is 0 Å². The molecule has 0 heterocycles. The Labute approximate surface area is 68.4 Å². The van der Waals surface area contributed by atoms with E-state index in [-0.39, 0.29) is 26.9 Å². The Kier molecular flexibility index (Phi) is 36.1. The van der Waals surface area contributed by atoms with Crippen molar-refractivity contribution in [3.05, 3.63) is 30.6 Å². The molecule has 56 valence electrons. The predicted molar refractivity (Wildman–Crippen MR) is 27.5 cm³/mol. The van der Waals surface area contributed by atoms with Crippen LogP contribution >= 0.6 is 0 Å². The fraction of sp³-hybridized carbons (Fsp3) is 1.00. The Morgan fingerprint density at radius 2 is 0.800 bits per heavy atom. The molecule has 0 aromatic heterocycles. The van der Waals surface area contributed by atoms with Gasteiger partial charge in [-0.2, -0.15) is 0 Å². The van der Waals surface area contributed by atoms with E-state index in [1.807, 2.05) is 0 Å². The van der Waals surface area contributed by atoms with Crippen molar-refractivity contribution in [1.82, 2.24) is 0 Å². The van der Waals surface area contributed by atoms with Crippen LogP contribution in [0.25, 0.3) is 0 Å². The topological polar surface area (TPSA) is 132 Å². The summed E-state index contributed by atoms with van der Waals surface area (Å²) in [4.78, 5) is 16.5. The van der Waals surface area contributed by atoms with Crippen LogP contribution in [0.5, 0.6) is 0 Å². The fourth-order valence-corrected chi connectivity index (χ4v) is 0. The van der Waals surface area contributed by atoms with E-state index in [1.165, 1.54) is 0 Å². The minimum absolute atomic E-state index is 0. The second kappa shape index (κ2) is 15.7. The first kappa shape index (κ1) is 23.0. The molecule has 0 unspecified atom stereocenters. The molecule has 0 spiro atoms. The summed E-state index contributed by atoms with van der Waals surface area (Å²) >= 11 is 0. The molecule has 9 heteroatoms. The smallest absolute Gasteiger partial charge is 0.356 e. The minimum atomic E-state index is -1.75. The van der Waals surface area contributed by atoms with Gasteiger partial charge in [-0.1, -0.05) is 7.43 Å². The van der Waals surface area contributed by atoms with Gasteiger partial charge in [-0.3, -0.25) is 0 Å². The van der Waals surface area contributed by atoms with Gasteiger partial charge in [0.2, 0.25) is 0 Å². The SMILES string of the molecule is C.O=[N+]([O-])[O-].O=[N+]([O-])[O-].[Zn+2]. The molecule has 0 aliphatic carbocycles. The van der Waals surface area contributed by atoms with E-state index in [4.69, 9.17) is 30.6 Å². The van der Waals surface area contributed by atoms with E-state index in [2.05, 4.69) is 0 Å². The molecule has 0 amide bonds. The van der Waals surface area contributed by atoms with E-state index in [9.17, 15) is 0 Å². The van der Waals surface area contributed by atoms with E-state index < -0.39 is 10.2 Å². The van der Waals surface area contributed by atoms with Gasteiger partial charge in [-0.25, -0.2) is 0 Å². The number of hydrogen-bond donors (Lipinski definition) is 0. The summed E-state index contributed by atoms with van der Waals surface area (Å²) in [5.41, 5.74) is 0. The van der Waals surface area contributed by atoms with Crippen molar-refractivity contribution in [2.45, 2.75) is 7.43 Å². The predicted octanol–water partition coefficient (Wildman–Crippen LogP) is 0.155. The Balaban J connectivity index is -0.0000000300. The summed E-state index contributed by atoms with van der Waals surface area (Å²) < 4.78 is 0. The molecule has 0 saturated carbocycles. The van der Waals surface area contributed by atoms with Crippen LogP contribution in [0.4, 0.5) is 0 Å². The van der Waals surface area contributed by atoms with Gasteiger partial charge in [-0.05, 0) is 0 Å². The third-order valence-electron chi connectivity index (χ3n) is 0. The van der Waals surface area contributed by atoms with E-state index in [0.29, 0.717) is 0 Å². The monoisotopic (exact) mass is 204 g/mol. The summed E-state index contributed by atoms with van der Waals surface area (Å²) in [7, 11) is 0. The van der Waals surface area contributed by atoms with Gasteiger partial charge in [0, 0.05) is 0 Å². The minimum Gasteiger partial charge on any atom is -0.356 e. The Hall–Kier alpha value is -0.977. The van der Waals surface area contributed by atoms with Gasteiger partial charge < -0.3 is 30.6 Å². The van der Waals surface area contributed by atoms with Crippen molar-refractivity contribution in [3.63, 3.8) is 0 Å². The molecule has 0 fully saturated rings. The first-order valence-electron chi connectivity index (χ1n) is 1.10. The summed E-state index contributed by atoms with van der Waals surface area (Å²) in [6, 6.07) is 0. The third-order valence-corrected chi connectivity index (χ3v) is 0. The maximum absolute atomic E-state index is 8.25. The Morgan fingerprint density at radius 3 is 0.800 bits per heavy atom. The molecule has 0 aromatic rings. The van der Waals surface area contributed by atoms with Crippen molar-refractivity contribution >= 4 is 0 Å². The van der Waals surface area contributed by atoms with Gasteiger partial charge in [0.15, 0.2) is 0 Å². The average Bonchev–Trinajstić information content (AvgIpc) is 1.25. The number of rotatable bonds is 0. The maximum Gasteiger partial charge on any atom is 2.00 e. The summed E-state index contributed by atoms with van der Waals surface area (Å²) in [5.74, 6) is 0. The molecule has 10 heavy (non-hydrogen) atoms. The fourth-order valence-electron chi connectivity index (χ4n) is 0. The molecule has 0 radical (unpaired) electrons. The van der Waals surface area contributed by atoms with Crippen molar-refractivity contribution in [3.8, 4) is 0 Å². The molecule has 0 aliphatic rings. The largest absolute Gasteiger partial charge is 2.00 e. The first-order chi connectivity index (χ1) is 3.46. The van der Waals surface area contributed by atoms with Crippen molar-refractivity contribution < 1.29 is 29.7 Å². The van der Waals surface area contributed by atoms with Gasteiger partial charge in [0.1, 0.15) is 0 Å². The molecule has 8 nitrogen and oxygen atoms in total. The Bertz CT molecular complexity index is 73.7. The van der Waals surface area contributed by atoms with Gasteiger partial charge in [0.05, 0.1) is 10.2 Å². The number of nitrogens with zero attached hydrogens (tertiary/aromatic N) is 2. The zero-order valence-corrected chi connectivity index (χ0v) is 7.02. The molecule has 0 N–H and O–H groups in total. The van der Waals surface area contributed by atoms with Gasteiger partial charge in [-0.15, -0.1) is 0 Å². The summed E-state index contributed by atoms with van der Waals surface area (Å²) in [5, 5.41) is 29.5. The Morgan fingerprint density at radius 1 is 0.800 bits per heavy atom. The van der Waals surface area contributed by atoms with Crippen LogP contribution in [-0.4, -0.2) is 10.2 Å². The van der Waals surface area contributed by atoms with Crippen LogP contribution in [-0.2, 0) is 19.5 Å². The summed E-state index contributed by atoms with van der Waals surface area (Å²) in [6.07, 6.45) is 0. The van der Waals surface area contributed by atoms with Crippen LogP contribution in [0.15, 0.2) is 0 Å². The molecule has 0 rings (SSSR count). The standard InChI is InChI=1S/CH4.2NO3.Zn/c;2*2-1(3)4;/h1H4;;;/q;2*-1;+2. The van der Waals surface area contributed by atoms with Gasteiger partial charge >= 0.3 is 19.5 Å². The van der Waals surface area contributed by atoms with Crippen molar-refractivity contribution in [2.24, 2.45) is 0 Å². The zero-order valence-electron chi connectivity index (χ0n) is 4.05. The van der Waals surface area contributed by atoms with E-state index in [1.54, 1.807) is 0 Å². The average molecular weight is 205 g/mol. The molecular formula is CH4N2O6Zn. The molecule has 0 atom stereocenters. The third kappa shape index (κ3) is 267. The van der Waals surface area contributed by atoms with Crippen molar-refractivity contribution in [1.29, 1.82) is 0 Å². The molecular weight excluding hydrogens is 201 g/mol. The maximum atomic E-state index is 8.25. The number of hydrogen-bond acceptors (Lipinski definition) is 6. The second-order valence-corrected chi connectivity index (χ2v) is 0.447. The molecule has 0 bridgehead atoms. The zero-order chi connectivity index (χ0) is 7.15. The van der Waals surface area contributed by atoms with Gasteiger partial charge in [0.25, 0.3) is 0 Å². The molecule has 0 aromatic carbocycles. The second-order valence-electron chi connectivity index (χ2n) is 0.447. The van der Waals surface area contributed by atoms with Crippen LogP contribution < -0.4 is 0 Å². The van der Waals surface area contributed by atoms with E-state index in [0.717, 1.165) is 0 Å². The van der Waals surface area contributed by atoms with Crippen LogP contribution in [0.3, 0.4) is 0 Å². The van der Waals surface area contributed by atoms with Crippen molar-refractivity contribution in [2.75, 3.05) is 0 Å². The molecule has 0 aliphatic heterocycles. The van der Waals surface area contributed by atoms with Crippen LogP contribution in [0.1, 0.15) is 7.43 Å². The summed E-state index contributed by atoms with van der Waals surface area (Å²) in [6.45, 7) is 0. The van der Waals surface area contributed by atoms with E-state index >= 15 is 0 Å². The normalized spacial score (nSPS) is 4.80.